The van der Waals surface area contributed by atoms with Gasteiger partial charge < -0.3 is 19.5 Å². The molecule has 1 heterocycles. The quantitative estimate of drug-likeness (QED) is 0.579. The Labute approximate surface area is 168 Å². The zero-order valence-corrected chi connectivity index (χ0v) is 17.0. The highest BCUT2D eigenvalue weighted by molar-refractivity contribution is 7.09. The molecule has 0 aliphatic rings. The standard InChI is InChI=1S/C21H22ClNO3S/c1-24-17-7-5-15(6-8-17)12-23-13-16-10-19(22)21(20(11-16)25-2)26-14-18-4-3-9-27-18/h3-11,23H,12-14H2,1-2H3/p+1. The van der Waals surface area contributed by atoms with Crippen molar-refractivity contribution in [3.8, 4) is 17.2 Å². The summed E-state index contributed by atoms with van der Waals surface area (Å²) in [5.74, 6) is 2.12. The third-order valence-electron chi connectivity index (χ3n) is 4.15. The SMILES string of the molecule is COc1ccc(C[NH2+]Cc2cc(Cl)c(OCc3cccs3)c(OC)c2)cc1. The van der Waals surface area contributed by atoms with Crippen molar-refractivity contribution in [2.45, 2.75) is 19.7 Å². The molecule has 0 saturated carbocycles. The molecule has 0 aliphatic heterocycles. The summed E-state index contributed by atoms with van der Waals surface area (Å²) in [5.41, 5.74) is 2.33. The first-order valence-corrected chi connectivity index (χ1v) is 9.91. The topological polar surface area (TPSA) is 44.3 Å². The molecule has 0 radical (unpaired) electrons. The van der Waals surface area contributed by atoms with Crippen molar-refractivity contribution in [3.05, 3.63) is 74.9 Å². The molecule has 0 amide bonds. The zero-order valence-electron chi connectivity index (χ0n) is 15.4. The van der Waals surface area contributed by atoms with E-state index in [1.807, 2.05) is 41.8 Å². The minimum Gasteiger partial charge on any atom is -0.497 e. The second-order valence-corrected chi connectivity index (χ2v) is 7.46. The molecule has 4 nitrogen and oxygen atoms in total. The lowest BCUT2D eigenvalue weighted by Gasteiger charge is -2.13. The van der Waals surface area contributed by atoms with E-state index in [-0.39, 0.29) is 0 Å². The summed E-state index contributed by atoms with van der Waals surface area (Å²) >= 11 is 8.11. The van der Waals surface area contributed by atoms with Gasteiger partial charge in [0.15, 0.2) is 11.5 Å². The molecule has 0 aliphatic carbocycles. The predicted molar refractivity (Wildman–Crippen MR) is 109 cm³/mol. The van der Waals surface area contributed by atoms with Crippen molar-refractivity contribution in [2.75, 3.05) is 14.2 Å². The lowest BCUT2D eigenvalue weighted by Crippen LogP contribution is -2.80. The van der Waals surface area contributed by atoms with Crippen LogP contribution in [-0.2, 0) is 19.7 Å². The molecule has 2 aromatic carbocycles. The fraction of sp³-hybridized carbons (Fsp3) is 0.238. The largest absolute Gasteiger partial charge is 0.497 e. The van der Waals surface area contributed by atoms with Crippen molar-refractivity contribution in [1.29, 1.82) is 0 Å². The van der Waals surface area contributed by atoms with Gasteiger partial charge in [0.25, 0.3) is 0 Å². The van der Waals surface area contributed by atoms with Gasteiger partial charge in [-0.3, -0.25) is 0 Å². The van der Waals surface area contributed by atoms with Gasteiger partial charge in [0.1, 0.15) is 25.4 Å². The van der Waals surface area contributed by atoms with Crippen LogP contribution in [0.25, 0.3) is 0 Å². The van der Waals surface area contributed by atoms with Gasteiger partial charge in [-0.15, -0.1) is 11.3 Å². The minimum absolute atomic E-state index is 0.483. The first-order valence-electron chi connectivity index (χ1n) is 8.65. The summed E-state index contributed by atoms with van der Waals surface area (Å²) in [7, 11) is 3.31. The molecule has 6 heteroatoms. The lowest BCUT2D eigenvalue weighted by atomic mass is 10.1. The second-order valence-electron chi connectivity index (χ2n) is 6.02. The van der Waals surface area contributed by atoms with Gasteiger partial charge >= 0.3 is 0 Å². The van der Waals surface area contributed by atoms with Crippen LogP contribution in [0.5, 0.6) is 17.2 Å². The van der Waals surface area contributed by atoms with E-state index in [1.165, 1.54) is 5.56 Å². The van der Waals surface area contributed by atoms with Crippen molar-refractivity contribution < 1.29 is 19.5 Å². The van der Waals surface area contributed by atoms with Crippen LogP contribution in [-0.4, -0.2) is 14.2 Å². The summed E-state index contributed by atoms with van der Waals surface area (Å²) in [6.07, 6.45) is 0. The van der Waals surface area contributed by atoms with Crippen LogP contribution in [0.2, 0.25) is 5.02 Å². The number of quaternary nitrogens is 1. The van der Waals surface area contributed by atoms with E-state index in [9.17, 15) is 0 Å². The van der Waals surface area contributed by atoms with Gasteiger partial charge in [-0.2, -0.15) is 0 Å². The molecule has 0 saturated heterocycles. The Balaban J connectivity index is 1.60. The minimum atomic E-state index is 0.483. The first-order chi connectivity index (χ1) is 13.2. The molecule has 0 unspecified atom stereocenters. The van der Waals surface area contributed by atoms with Gasteiger partial charge in [-0.05, 0) is 47.8 Å². The van der Waals surface area contributed by atoms with Crippen LogP contribution in [0.1, 0.15) is 16.0 Å². The number of thiophene rings is 1. The fourth-order valence-corrected chi connectivity index (χ4v) is 3.64. The van der Waals surface area contributed by atoms with Crippen LogP contribution in [0.3, 0.4) is 0 Å². The molecule has 0 atom stereocenters. The van der Waals surface area contributed by atoms with Crippen molar-refractivity contribution in [2.24, 2.45) is 0 Å². The first kappa shape index (κ1) is 19.5. The smallest absolute Gasteiger partial charge is 0.180 e. The molecular formula is C21H23ClNO3S+. The summed E-state index contributed by atoms with van der Waals surface area (Å²) in [6, 6.07) is 16.1. The van der Waals surface area contributed by atoms with Crippen molar-refractivity contribution in [1.82, 2.24) is 0 Å². The monoisotopic (exact) mass is 404 g/mol. The highest BCUT2D eigenvalue weighted by Crippen LogP contribution is 2.37. The number of rotatable bonds is 9. The van der Waals surface area contributed by atoms with E-state index in [1.54, 1.807) is 25.6 Å². The third-order valence-corrected chi connectivity index (χ3v) is 5.28. The Kier molecular flexibility index (Phi) is 6.98. The Bertz CT molecular complexity index is 851. The maximum Gasteiger partial charge on any atom is 0.180 e. The third kappa shape index (κ3) is 5.39. The molecule has 3 aromatic rings. The molecule has 142 valence electrons. The normalized spacial score (nSPS) is 10.6. The summed E-state index contributed by atoms with van der Waals surface area (Å²) in [4.78, 5) is 1.14. The van der Waals surface area contributed by atoms with Crippen LogP contribution in [0, 0.1) is 0 Å². The lowest BCUT2D eigenvalue weighted by molar-refractivity contribution is -0.686. The molecule has 2 N–H and O–H groups in total. The number of benzene rings is 2. The number of hydrogen-bond donors (Lipinski definition) is 1. The summed E-state index contributed by atoms with van der Waals surface area (Å²) in [5, 5.41) is 4.82. The number of methoxy groups -OCH3 is 2. The maximum absolute atomic E-state index is 6.45. The van der Waals surface area contributed by atoms with Crippen LogP contribution < -0.4 is 19.5 Å². The summed E-state index contributed by atoms with van der Waals surface area (Å²) < 4.78 is 16.6. The highest BCUT2D eigenvalue weighted by Gasteiger charge is 2.13. The maximum atomic E-state index is 6.45. The van der Waals surface area contributed by atoms with E-state index < -0.39 is 0 Å². The van der Waals surface area contributed by atoms with Crippen molar-refractivity contribution >= 4 is 22.9 Å². The number of ether oxygens (including phenoxy) is 3. The van der Waals surface area contributed by atoms with Crippen molar-refractivity contribution in [3.63, 3.8) is 0 Å². The van der Waals surface area contributed by atoms with E-state index >= 15 is 0 Å². The van der Waals surface area contributed by atoms with E-state index in [4.69, 9.17) is 25.8 Å². The van der Waals surface area contributed by atoms with Gasteiger partial charge in [0.2, 0.25) is 0 Å². The second kappa shape index (κ2) is 9.65. The van der Waals surface area contributed by atoms with E-state index in [0.29, 0.717) is 23.1 Å². The summed E-state index contributed by atoms with van der Waals surface area (Å²) in [6.45, 7) is 2.16. The molecule has 0 bridgehead atoms. The average molecular weight is 405 g/mol. The molecule has 3 rings (SSSR count). The van der Waals surface area contributed by atoms with E-state index in [2.05, 4.69) is 17.4 Å². The Hall–Kier alpha value is -2.21. The molecular weight excluding hydrogens is 382 g/mol. The highest BCUT2D eigenvalue weighted by atomic mass is 35.5. The predicted octanol–water partition coefficient (Wildman–Crippen LogP) is 4.26. The van der Waals surface area contributed by atoms with Gasteiger partial charge in [-0.1, -0.05) is 17.7 Å². The average Bonchev–Trinajstić information content (AvgIpc) is 3.21. The molecule has 1 aromatic heterocycles. The number of nitrogens with two attached hydrogens (primary N) is 1. The zero-order chi connectivity index (χ0) is 19.1. The van der Waals surface area contributed by atoms with Crippen LogP contribution in [0.15, 0.2) is 53.9 Å². The fourth-order valence-electron chi connectivity index (χ4n) is 2.74. The Morgan fingerprint density at radius 3 is 2.41 bits per heavy atom. The molecule has 27 heavy (non-hydrogen) atoms. The van der Waals surface area contributed by atoms with Gasteiger partial charge in [-0.25, -0.2) is 0 Å². The van der Waals surface area contributed by atoms with Gasteiger partial charge in [0.05, 0.1) is 19.2 Å². The van der Waals surface area contributed by atoms with Crippen LogP contribution in [0.4, 0.5) is 0 Å². The number of halogens is 1. The van der Waals surface area contributed by atoms with Gasteiger partial charge in [0, 0.05) is 16.0 Å². The Morgan fingerprint density at radius 2 is 1.74 bits per heavy atom. The molecule has 0 fully saturated rings. The van der Waals surface area contributed by atoms with E-state index in [0.717, 1.165) is 29.3 Å². The Morgan fingerprint density at radius 1 is 0.963 bits per heavy atom. The van der Waals surface area contributed by atoms with Crippen LogP contribution >= 0.6 is 22.9 Å². The number of hydrogen-bond acceptors (Lipinski definition) is 4. The molecule has 0 spiro atoms.